The number of morpholine rings is 1. The van der Waals surface area contributed by atoms with Crippen molar-refractivity contribution in [1.82, 2.24) is 10.3 Å². The third-order valence-electron chi connectivity index (χ3n) is 3.21. The molecule has 0 radical (unpaired) electrons. The van der Waals surface area contributed by atoms with Crippen molar-refractivity contribution in [3.05, 3.63) is 17.8 Å². The predicted molar refractivity (Wildman–Crippen MR) is 78.6 cm³/mol. The van der Waals surface area contributed by atoms with Crippen LogP contribution in [-0.2, 0) is 9.53 Å². The highest BCUT2D eigenvalue weighted by Gasteiger charge is 2.31. The van der Waals surface area contributed by atoms with Crippen molar-refractivity contribution < 1.29 is 9.53 Å². The first-order chi connectivity index (χ1) is 9.49. The summed E-state index contributed by atoms with van der Waals surface area (Å²) >= 11 is 0. The summed E-state index contributed by atoms with van der Waals surface area (Å²) in [5, 5.41) is 2.93. The standard InChI is InChI=1S/C14H22N4O2/c1-9(2)17-14(19)12-8-20-5-4-18(12)13-10(3)6-11(15)7-16-13/h6-7,9,12H,4-5,8,15H2,1-3H3,(H,17,19). The van der Waals surface area contributed by atoms with Gasteiger partial charge in [-0.25, -0.2) is 4.98 Å². The van der Waals surface area contributed by atoms with E-state index in [4.69, 9.17) is 10.5 Å². The van der Waals surface area contributed by atoms with Gasteiger partial charge >= 0.3 is 0 Å². The van der Waals surface area contributed by atoms with Crippen molar-refractivity contribution in [3.63, 3.8) is 0 Å². The Kier molecular flexibility index (Phi) is 4.44. The van der Waals surface area contributed by atoms with Crippen LogP contribution in [0.5, 0.6) is 0 Å². The van der Waals surface area contributed by atoms with E-state index in [1.54, 1.807) is 6.20 Å². The lowest BCUT2D eigenvalue weighted by atomic mass is 10.1. The normalized spacial score (nSPS) is 19.2. The second-order valence-electron chi connectivity index (χ2n) is 5.36. The fraction of sp³-hybridized carbons (Fsp3) is 0.571. The first-order valence-electron chi connectivity index (χ1n) is 6.86. The molecule has 6 heteroatoms. The molecule has 6 nitrogen and oxygen atoms in total. The number of nitrogens with one attached hydrogen (secondary N) is 1. The molecule has 3 N–H and O–H groups in total. The van der Waals surface area contributed by atoms with Crippen LogP contribution in [0, 0.1) is 6.92 Å². The molecule has 2 heterocycles. The van der Waals surface area contributed by atoms with E-state index in [1.165, 1.54) is 0 Å². The van der Waals surface area contributed by atoms with Crippen LogP contribution in [0.1, 0.15) is 19.4 Å². The van der Waals surface area contributed by atoms with Crippen molar-refractivity contribution in [2.45, 2.75) is 32.9 Å². The number of ether oxygens (including phenoxy) is 1. The van der Waals surface area contributed by atoms with Gasteiger partial charge in [0.1, 0.15) is 11.9 Å². The molecule has 1 aliphatic heterocycles. The summed E-state index contributed by atoms with van der Waals surface area (Å²) in [5.74, 6) is 0.768. The van der Waals surface area contributed by atoms with Gasteiger partial charge in [0.25, 0.3) is 0 Å². The average Bonchev–Trinajstić information content (AvgIpc) is 2.38. The van der Waals surface area contributed by atoms with Gasteiger partial charge < -0.3 is 20.7 Å². The molecule has 20 heavy (non-hydrogen) atoms. The number of rotatable bonds is 3. The Morgan fingerprint density at radius 3 is 3.00 bits per heavy atom. The summed E-state index contributed by atoms with van der Waals surface area (Å²) in [6.07, 6.45) is 1.62. The molecule has 0 aromatic carbocycles. The van der Waals surface area contributed by atoms with Gasteiger partial charge in [0, 0.05) is 12.6 Å². The molecule has 1 atom stereocenters. The molecular formula is C14H22N4O2. The van der Waals surface area contributed by atoms with Crippen molar-refractivity contribution in [3.8, 4) is 0 Å². The number of nitrogen functional groups attached to an aromatic ring is 1. The lowest BCUT2D eigenvalue weighted by Crippen LogP contribution is -2.55. The maximum Gasteiger partial charge on any atom is 0.245 e. The summed E-state index contributed by atoms with van der Waals surface area (Å²) < 4.78 is 5.45. The number of aryl methyl sites for hydroxylation is 1. The van der Waals surface area contributed by atoms with Crippen molar-refractivity contribution in [2.24, 2.45) is 0 Å². The van der Waals surface area contributed by atoms with E-state index >= 15 is 0 Å². The topological polar surface area (TPSA) is 80.5 Å². The van der Waals surface area contributed by atoms with Crippen molar-refractivity contribution in [1.29, 1.82) is 0 Å². The maximum atomic E-state index is 12.3. The first-order valence-corrected chi connectivity index (χ1v) is 6.86. The minimum atomic E-state index is -0.346. The fourth-order valence-corrected chi connectivity index (χ4v) is 2.35. The number of amides is 1. The third-order valence-corrected chi connectivity index (χ3v) is 3.21. The molecular weight excluding hydrogens is 256 g/mol. The molecule has 0 spiro atoms. The van der Waals surface area contributed by atoms with E-state index in [1.807, 2.05) is 31.7 Å². The minimum absolute atomic E-state index is 0.0299. The Morgan fingerprint density at radius 1 is 1.60 bits per heavy atom. The zero-order valence-corrected chi connectivity index (χ0v) is 12.2. The zero-order valence-electron chi connectivity index (χ0n) is 12.2. The van der Waals surface area contributed by atoms with Gasteiger partial charge in [-0.2, -0.15) is 0 Å². The highest BCUT2D eigenvalue weighted by molar-refractivity contribution is 5.85. The quantitative estimate of drug-likeness (QED) is 0.851. The van der Waals surface area contributed by atoms with Crippen LogP contribution in [-0.4, -0.2) is 42.7 Å². The summed E-state index contributed by atoms with van der Waals surface area (Å²) in [6, 6.07) is 1.63. The molecule has 0 bridgehead atoms. The number of carbonyl (C=O) groups is 1. The van der Waals surface area contributed by atoms with E-state index < -0.39 is 0 Å². The van der Waals surface area contributed by atoms with E-state index in [2.05, 4.69) is 10.3 Å². The SMILES string of the molecule is Cc1cc(N)cnc1N1CCOCC1C(=O)NC(C)C. The van der Waals surface area contributed by atoms with Gasteiger partial charge in [-0.3, -0.25) is 4.79 Å². The molecule has 1 amide bonds. The largest absolute Gasteiger partial charge is 0.397 e. The van der Waals surface area contributed by atoms with Crippen LogP contribution in [0.15, 0.2) is 12.3 Å². The van der Waals surface area contributed by atoms with Gasteiger partial charge in [0.15, 0.2) is 0 Å². The summed E-state index contributed by atoms with van der Waals surface area (Å²) in [5.41, 5.74) is 7.33. The molecule has 1 unspecified atom stereocenters. The van der Waals surface area contributed by atoms with E-state index in [-0.39, 0.29) is 18.0 Å². The monoisotopic (exact) mass is 278 g/mol. The second-order valence-corrected chi connectivity index (χ2v) is 5.36. The van der Waals surface area contributed by atoms with Crippen LogP contribution >= 0.6 is 0 Å². The smallest absolute Gasteiger partial charge is 0.245 e. The number of nitrogens with zero attached hydrogens (tertiary/aromatic N) is 2. The summed E-state index contributed by atoms with van der Waals surface area (Å²) in [4.78, 5) is 18.7. The summed E-state index contributed by atoms with van der Waals surface area (Å²) in [7, 11) is 0. The molecule has 1 fully saturated rings. The Bertz CT molecular complexity index is 490. The maximum absolute atomic E-state index is 12.3. The average molecular weight is 278 g/mol. The van der Waals surface area contributed by atoms with Crippen LogP contribution in [0.4, 0.5) is 11.5 Å². The number of pyridine rings is 1. The lowest BCUT2D eigenvalue weighted by molar-refractivity contribution is -0.125. The van der Waals surface area contributed by atoms with E-state index in [0.29, 0.717) is 25.4 Å². The molecule has 0 saturated carbocycles. The highest BCUT2D eigenvalue weighted by Crippen LogP contribution is 2.23. The number of hydrogen-bond donors (Lipinski definition) is 2. The number of anilines is 2. The van der Waals surface area contributed by atoms with Gasteiger partial charge in [0.2, 0.25) is 5.91 Å². The molecule has 1 saturated heterocycles. The third kappa shape index (κ3) is 3.19. The van der Waals surface area contributed by atoms with Crippen LogP contribution in [0.2, 0.25) is 0 Å². The Hall–Kier alpha value is -1.82. The number of nitrogens with two attached hydrogens (primary N) is 1. The zero-order chi connectivity index (χ0) is 14.7. The van der Waals surface area contributed by atoms with Crippen LogP contribution in [0.3, 0.4) is 0 Å². The summed E-state index contributed by atoms with van der Waals surface area (Å²) in [6.45, 7) is 7.46. The highest BCUT2D eigenvalue weighted by atomic mass is 16.5. The van der Waals surface area contributed by atoms with E-state index in [0.717, 1.165) is 11.4 Å². The Morgan fingerprint density at radius 2 is 2.35 bits per heavy atom. The molecule has 2 rings (SSSR count). The Labute approximate surface area is 119 Å². The molecule has 1 aromatic heterocycles. The Balaban J connectivity index is 2.24. The molecule has 110 valence electrons. The lowest BCUT2D eigenvalue weighted by Gasteiger charge is -2.36. The van der Waals surface area contributed by atoms with Gasteiger partial charge in [0.05, 0.1) is 25.1 Å². The fourth-order valence-electron chi connectivity index (χ4n) is 2.35. The molecule has 1 aromatic rings. The van der Waals surface area contributed by atoms with E-state index in [9.17, 15) is 4.79 Å². The van der Waals surface area contributed by atoms with Gasteiger partial charge in [-0.05, 0) is 32.4 Å². The van der Waals surface area contributed by atoms with Crippen LogP contribution < -0.4 is 16.0 Å². The van der Waals surface area contributed by atoms with Crippen LogP contribution in [0.25, 0.3) is 0 Å². The number of hydrogen-bond acceptors (Lipinski definition) is 5. The van der Waals surface area contributed by atoms with Gasteiger partial charge in [-0.1, -0.05) is 0 Å². The second kappa shape index (κ2) is 6.09. The van der Waals surface area contributed by atoms with Crippen molar-refractivity contribution in [2.75, 3.05) is 30.4 Å². The van der Waals surface area contributed by atoms with Gasteiger partial charge in [-0.15, -0.1) is 0 Å². The molecule has 1 aliphatic rings. The molecule has 0 aliphatic carbocycles. The number of carbonyl (C=O) groups excluding carboxylic acids is 1. The predicted octanol–water partition coefficient (Wildman–Crippen LogP) is 0.702. The first kappa shape index (κ1) is 14.6. The van der Waals surface area contributed by atoms with Crippen molar-refractivity contribution >= 4 is 17.4 Å². The number of aromatic nitrogens is 1. The minimum Gasteiger partial charge on any atom is -0.397 e.